The van der Waals surface area contributed by atoms with E-state index < -0.39 is 0 Å². The van der Waals surface area contributed by atoms with Gasteiger partial charge in [-0.15, -0.1) is 0 Å². The Morgan fingerprint density at radius 1 is 0.760 bits per heavy atom. The Labute approximate surface area is 155 Å². The zero-order valence-electron chi connectivity index (χ0n) is 16.4. The average molecular weight is 342 g/mol. The van der Waals surface area contributed by atoms with Crippen LogP contribution in [-0.2, 0) is 0 Å². The van der Waals surface area contributed by atoms with Gasteiger partial charge in [0.05, 0.1) is 0 Å². The molecule has 0 radical (unpaired) electrons. The molecule has 1 aromatic carbocycles. The number of hydrogen-bond donors (Lipinski definition) is 1. The van der Waals surface area contributed by atoms with Crippen LogP contribution in [0, 0.1) is 17.8 Å². The summed E-state index contributed by atoms with van der Waals surface area (Å²) in [6, 6.07) is 8.65. The summed E-state index contributed by atoms with van der Waals surface area (Å²) in [5, 5.41) is 0. The summed E-state index contributed by atoms with van der Waals surface area (Å²) < 4.78 is 0. The summed E-state index contributed by atoms with van der Waals surface area (Å²) in [5.74, 6) is 3.90. The van der Waals surface area contributed by atoms with Crippen LogP contribution in [0.1, 0.15) is 102 Å². The molecule has 0 aromatic heterocycles. The molecule has 0 spiro atoms. The van der Waals surface area contributed by atoms with Gasteiger partial charge in [-0.2, -0.15) is 0 Å². The highest BCUT2D eigenvalue weighted by atomic mass is 14.5. The normalized spacial score (nSPS) is 30.3. The molecule has 0 atom stereocenters. The van der Waals surface area contributed by atoms with E-state index in [2.05, 4.69) is 31.2 Å². The molecule has 140 valence electrons. The Kier molecular flexibility index (Phi) is 7.25. The molecular formula is C24H39N. The number of nitrogen functional groups attached to an aromatic ring is 1. The zero-order chi connectivity index (χ0) is 17.5. The van der Waals surface area contributed by atoms with E-state index in [1.54, 1.807) is 0 Å². The number of benzene rings is 1. The molecule has 1 heteroatoms. The highest BCUT2D eigenvalue weighted by Gasteiger charge is 2.31. The van der Waals surface area contributed by atoms with Gasteiger partial charge in [0.2, 0.25) is 0 Å². The molecular weight excluding hydrogens is 302 g/mol. The molecule has 2 N–H and O–H groups in total. The van der Waals surface area contributed by atoms with Crippen LogP contribution in [0.5, 0.6) is 0 Å². The molecule has 25 heavy (non-hydrogen) atoms. The highest BCUT2D eigenvalue weighted by Crippen LogP contribution is 2.44. The van der Waals surface area contributed by atoms with E-state index >= 15 is 0 Å². The Balaban J connectivity index is 1.37. The van der Waals surface area contributed by atoms with Gasteiger partial charge in [0.25, 0.3) is 0 Å². The average Bonchev–Trinajstić information content (AvgIpc) is 2.67. The van der Waals surface area contributed by atoms with Crippen molar-refractivity contribution in [1.82, 2.24) is 0 Å². The molecule has 2 fully saturated rings. The third kappa shape index (κ3) is 5.50. The second-order valence-corrected chi connectivity index (χ2v) is 8.91. The van der Waals surface area contributed by atoms with Crippen LogP contribution in [-0.4, -0.2) is 0 Å². The van der Waals surface area contributed by atoms with Crippen molar-refractivity contribution in [2.75, 3.05) is 5.73 Å². The minimum Gasteiger partial charge on any atom is -0.399 e. The Morgan fingerprint density at radius 3 is 1.96 bits per heavy atom. The van der Waals surface area contributed by atoms with Crippen LogP contribution in [0.15, 0.2) is 24.3 Å². The fourth-order valence-electron chi connectivity index (χ4n) is 5.50. The van der Waals surface area contributed by atoms with E-state index in [0.717, 1.165) is 29.4 Å². The molecule has 2 aliphatic carbocycles. The highest BCUT2D eigenvalue weighted by molar-refractivity contribution is 5.40. The Morgan fingerprint density at radius 2 is 1.36 bits per heavy atom. The molecule has 0 saturated heterocycles. The van der Waals surface area contributed by atoms with Crippen molar-refractivity contribution in [3.05, 3.63) is 29.8 Å². The molecule has 0 amide bonds. The standard InChI is InChI=1S/C24H39N/c1-2-3-4-5-6-19-7-9-20(10-8-19)21-11-13-22(14-12-21)23-15-17-24(25)18-16-23/h15-22H,2-14,25H2,1H3. The Bertz CT molecular complexity index is 475. The topological polar surface area (TPSA) is 26.0 Å². The fourth-order valence-corrected chi connectivity index (χ4v) is 5.50. The van der Waals surface area contributed by atoms with Crippen molar-refractivity contribution in [3.63, 3.8) is 0 Å². The predicted octanol–water partition coefficient (Wildman–Crippen LogP) is 7.32. The third-order valence-electron chi connectivity index (χ3n) is 7.20. The maximum atomic E-state index is 5.83. The lowest BCUT2D eigenvalue weighted by molar-refractivity contribution is 0.155. The van der Waals surface area contributed by atoms with Gasteiger partial charge in [0.15, 0.2) is 0 Å². The summed E-state index contributed by atoms with van der Waals surface area (Å²) in [6.07, 6.45) is 19.1. The van der Waals surface area contributed by atoms with Crippen molar-refractivity contribution in [2.45, 2.75) is 96.3 Å². The zero-order valence-corrected chi connectivity index (χ0v) is 16.4. The number of anilines is 1. The van der Waals surface area contributed by atoms with Crippen molar-refractivity contribution in [2.24, 2.45) is 17.8 Å². The summed E-state index contributed by atoms with van der Waals surface area (Å²) in [4.78, 5) is 0. The molecule has 0 heterocycles. The van der Waals surface area contributed by atoms with E-state index in [0.29, 0.717) is 0 Å². The first-order chi connectivity index (χ1) is 12.3. The van der Waals surface area contributed by atoms with Crippen LogP contribution in [0.2, 0.25) is 0 Å². The van der Waals surface area contributed by atoms with Gasteiger partial charge in [-0.1, -0.05) is 64.0 Å². The molecule has 1 nitrogen and oxygen atoms in total. The molecule has 3 rings (SSSR count). The van der Waals surface area contributed by atoms with Crippen molar-refractivity contribution in [3.8, 4) is 0 Å². The van der Waals surface area contributed by atoms with Gasteiger partial charge in [-0.05, 0) is 79.9 Å². The fraction of sp³-hybridized carbons (Fsp3) is 0.750. The largest absolute Gasteiger partial charge is 0.399 e. The lowest BCUT2D eigenvalue weighted by atomic mass is 9.68. The van der Waals surface area contributed by atoms with E-state index in [9.17, 15) is 0 Å². The maximum absolute atomic E-state index is 5.83. The van der Waals surface area contributed by atoms with Gasteiger partial charge < -0.3 is 5.73 Å². The van der Waals surface area contributed by atoms with Gasteiger partial charge in [-0.25, -0.2) is 0 Å². The molecule has 2 aliphatic rings. The van der Waals surface area contributed by atoms with E-state index in [4.69, 9.17) is 5.73 Å². The number of nitrogens with two attached hydrogens (primary N) is 1. The van der Waals surface area contributed by atoms with Crippen molar-refractivity contribution < 1.29 is 0 Å². The first kappa shape index (κ1) is 18.8. The lowest BCUT2D eigenvalue weighted by Crippen LogP contribution is -2.25. The van der Waals surface area contributed by atoms with Crippen LogP contribution < -0.4 is 5.73 Å². The van der Waals surface area contributed by atoms with Crippen molar-refractivity contribution in [1.29, 1.82) is 0 Å². The second kappa shape index (κ2) is 9.64. The van der Waals surface area contributed by atoms with E-state index in [1.165, 1.54) is 89.0 Å². The first-order valence-corrected chi connectivity index (χ1v) is 11.1. The number of unbranched alkanes of at least 4 members (excludes halogenated alkanes) is 3. The summed E-state index contributed by atoms with van der Waals surface area (Å²) in [5.41, 5.74) is 8.24. The lowest BCUT2D eigenvalue weighted by Gasteiger charge is -2.38. The summed E-state index contributed by atoms with van der Waals surface area (Å²) in [6.45, 7) is 2.31. The smallest absolute Gasteiger partial charge is 0.0314 e. The second-order valence-electron chi connectivity index (χ2n) is 8.91. The molecule has 0 unspecified atom stereocenters. The van der Waals surface area contributed by atoms with Crippen LogP contribution in [0.25, 0.3) is 0 Å². The minimum atomic E-state index is 0.784. The van der Waals surface area contributed by atoms with Gasteiger partial charge >= 0.3 is 0 Å². The maximum Gasteiger partial charge on any atom is 0.0314 e. The monoisotopic (exact) mass is 341 g/mol. The Hall–Kier alpha value is -0.980. The number of rotatable bonds is 7. The third-order valence-corrected chi connectivity index (χ3v) is 7.20. The molecule has 0 aliphatic heterocycles. The molecule has 0 bridgehead atoms. The SMILES string of the molecule is CCCCCCC1CCC(C2CCC(c3ccc(N)cc3)CC2)CC1. The minimum absolute atomic E-state index is 0.784. The van der Waals surface area contributed by atoms with Gasteiger partial charge in [0.1, 0.15) is 0 Å². The van der Waals surface area contributed by atoms with E-state index in [1.807, 2.05) is 0 Å². The summed E-state index contributed by atoms with van der Waals surface area (Å²) in [7, 11) is 0. The predicted molar refractivity (Wildman–Crippen MR) is 110 cm³/mol. The van der Waals surface area contributed by atoms with E-state index in [-0.39, 0.29) is 0 Å². The summed E-state index contributed by atoms with van der Waals surface area (Å²) >= 11 is 0. The van der Waals surface area contributed by atoms with Crippen molar-refractivity contribution >= 4 is 5.69 Å². The van der Waals surface area contributed by atoms with Gasteiger partial charge in [0, 0.05) is 5.69 Å². The van der Waals surface area contributed by atoms with Crippen LogP contribution >= 0.6 is 0 Å². The van der Waals surface area contributed by atoms with Gasteiger partial charge in [-0.3, -0.25) is 0 Å². The number of hydrogen-bond acceptors (Lipinski definition) is 1. The quantitative estimate of drug-likeness (QED) is 0.408. The van der Waals surface area contributed by atoms with Crippen LogP contribution in [0.4, 0.5) is 5.69 Å². The molecule has 2 saturated carbocycles. The first-order valence-electron chi connectivity index (χ1n) is 11.1. The van der Waals surface area contributed by atoms with Crippen LogP contribution in [0.3, 0.4) is 0 Å². The molecule has 1 aromatic rings.